The van der Waals surface area contributed by atoms with Gasteiger partial charge in [0, 0.05) is 6.42 Å². The van der Waals surface area contributed by atoms with Gasteiger partial charge in [-0.05, 0) is 24.1 Å². The van der Waals surface area contributed by atoms with E-state index in [2.05, 4.69) is 5.32 Å². The topological polar surface area (TPSA) is 67.8 Å². The van der Waals surface area contributed by atoms with E-state index in [4.69, 9.17) is 14.6 Å². The number of carboxylic acids is 1. The molecule has 136 valence electrons. The van der Waals surface area contributed by atoms with E-state index in [0.29, 0.717) is 12.0 Å². The molecule has 0 spiro atoms. The van der Waals surface area contributed by atoms with Crippen molar-refractivity contribution < 1.29 is 32.5 Å². The lowest BCUT2D eigenvalue weighted by molar-refractivity contribution is -0.156. The highest BCUT2D eigenvalue weighted by Gasteiger charge is 2.43. The van der Waals surface area contributed by atoms with Gasteiger partial charge in [0.15, 0.2) is 0 Å². The number of carbonyl (C=O) groups is 1. The third-order valence-electron chi connectivity index (χ3n) is 3.66. The summed E-state index contributed by atoms with van der Waals surface area (Å²) in [5.41, 5.74) is 1.11. The first-order valence-corrected chi connectivity index (χ1v) is 7.45. The summed E-state index contributed by atoms with van der Waals surface area (Å²) < 4.78 is 45.5. The molecular weight excluding hydrogens is 339 g/mol. The Balaban J connectivity index is 0.000000185. The van der Waals surface area contributed by atoms with Crippen LogP contribution in [0.15, 0.2) is 42.3 Å². The lowest BCUT2D eigenvalue weighted by atomic mass is 10.0. The highest BCUT2D eigenvalue weighted by molar-refractivity contribution is 6.15. The average molecular weight is 357 g/mol. The molecule has 1 fully saturated rings. The smallest absolute Gasteiger partial charge is 0.430 e. The zero-order valence-corrected chi connectivity index (χ0v) is 13.6. The average Bonchev–Trinajstić information content (AvgIpc) is 2.52. The molecule has 0 radical (unpaired) electrons. The second kappa shape index (κ2) is 7.60. The van der Waals surface area contributed by atoms with E-state index in [0.717, 1.165) is 11.6 Å². The van der Waals surface area contributed by atoms with Crippen molar-refractivity contribution in [3.63, 3.8) is 0 Å². The Bertz CT molecular complexity index is 691. The van der Waals surface area contributed by atoms with E-state index < -0.39 is 24.1 Å². The Kier molecular flexibility index (Phi) is 5.73. The summed E-state index contributed by atoms with van der Waals surface area (Å²) >= 11 is 0. The van der Waals surface area contributed by atoms with Gasteiger partial charge in [0.2, 0.25) is 0 Å². The van der Waals surface area contributed by atoms with E-state index in [1.54, 1.807) is 12.1 Å². The minimum absolute atomic E-state index is 0.172. The normalized spacial score (nSPS) is 21.8. The fourth-order valence-electron chi connectivity index (χ4n) is 2.42. The van der Waals surface area contributed by atoms with Crippen LogP contribution in [0.3, 0.4) is 0 Å². The number of aryl methyl sites for hydroxylation is 1. The van der Waals surface area contributed by atoms with Crippen LogP contribution in [0, 0.1) is 6.92 Å². The number of fused-ring (bicyclic) bond motifs is 1. The van der Waals surface area contributed by atoms with E-state index >= 15 is 0 Å². The number of halogens is 3. The van der Waals surface area contributed by atoms with Gasteiger partial charge < -0.3 is 19.9 Å². The van der Waals surface area contributed by atoms with Crippen LogP contribution < -0.4 is 5.32 Å². The predicted molar refractivity (Wildman–Crippen MR) is 84.4 cm³/mol. The first kappa shape index (κ1) is 18.9. The summed E-state index contributed by atoms with van der Waals surface area (Å²) in [6.45, 7) is 1.86. The number of allylic oxidation sites excluding steroid dienone is 1. The summed E-state index contributed by atoms with van der Waals surface area (Å²) in [7, 11) is 1.43. The van der Waals surface area contributed by atoms with Gasteiger partial charge in [-0.3, -0.25) is 0 Å². The van der Waals surface area contributed by atoms with E-state index in [1.807, 2.05) is 19.1 Å². The maximum Gasteiger partial charge on any atom is 0.430 e. The van der Waals surface area contributed by atoms with Crippen LogP contribution in [-0.2, 0) is 14.3 Å². The zero-order valence-electron chi connectivity index (χ0n) is 13.6. The number of carboxylic acid groups (broad SMARTS) is 1. The summed E-state index contributed by atoms with van der Waals surface area (Å²) in [5.74, 6) is -0.985. The summed E-state index contributed by atoms with van der Waals surface area (Å²) in [5, 5.41) is 11.2. The molecule has 0 aliphatic carbocycles. The zero-order chi connectivity index (χ0) is 18.6. The Morgan fingerprint density at radius 3 is 2.44 bits per heavy atom. The molecule has 0 saturated carbocycles. The van der Waals surface area contributed by atoms with Gasteiger partial charge in [0.25, 0.3) is 0 Å². The van der Waals surface area contributed by atoms with Crippen molar-refractivity contribution in [3.8, 4) is 0 Å². The number of benzene rings is 1. The van der Waals surface area contributed by atoms with Crippen LogP contribution in [0.1, 0.15) is 17.5 Å². The number of hydrogen-bond donors (Lipinski definition) is 2. The van der Waals surface area contributed by atoms with Crippen molar-refractivity contribution in [1.29, 1.82) is 0 Å². The number of nitrogens with one attached hydrogen (secondary N) is 1. The van der Waals surface area contributed by atoms with Gasteiger partial charge in [-0.1, -0.05) is 24.3 Å². The van der Waals surface area contributed by atoms with Crippen molar-refractivity contribution in [2.45, 2.75) is 31.9 Å². The SMILES string of the molecule is COC=C(C(=O)O)c1ccccc1C.FC(F)(F)C1=CC2CC(N1)O2. The third-order valence-corrected chi connectivity index (χ3v) is 3.66. The standard InChI is InChI=1S/C11H12O3.C6H6F3NO/c1-8-5-3-4-6-9(8)10(7-14-2)11(12)13;7-6(8,9)4-1-3-2-5(10-4)11-3/h3-7H,1-2H3,(H,12,13);1,3,5,10H,2H2. The quantitative estimate of drug-likeness (QED) is 0.642. The van der Waals surface area contributed by atoms with Crippen LogP contribution in [-0.4, -0.2) is 36.7 Å². The first-order chi connectivity index (χ1) is 11.7. The van der Waals surface area contributed by atoms with Crippen LogP contribution in [0.5, 0.6) is 0 Å². The Morgan fingerprint density at radius 1 is 1.40 bits per heavy atom. The third kappa shape index (κ3) is 4.76. The molecule has 2 unspecified atom stereocenters. The number of aliphatic carboxylic acids is 1. The number of alkyl halides is 3. The maximum absolute atomic E-state index is 11.9. The van der Waals surface area contributed by atoms with Gasteiger partial charge in [-0.15, -0.1) is 0 Å². The molecule has 1 aromatic rings. The molecule has 25 heavy (non-hydrogen) atoms. The van der Waals surface area contributed by atoms with Crippen LogP contribution in [0.2, 0.25) is 0 Å². The van der Waals surface area contributed by atoms with Crippen LogP contribution >= 0.6 is 0 Å². The van der Waals surface area contributed by atoms with Crippen molar-refractivity contribution in [2.24, 2.45) is 0 Å². The molecule has 3 aliphatic rings. The van der Waals surface area contributed by atoms with Gasteiger partial charge in [-0.25, -0.2) is 4.79 Å². The molecule has 4 rings (SSSR count). The molecule has 1 aromatic carbocycles. The van der Waals surface area contributed by atoms with E-state index in [1.165, 1.54) is 13.4 Å². The van der Waals surface area contributed by atoms with E-state index in [9.17, 15) is 18.0 Å². The summed E-state index contributed by atoms with van der Waals surface area (Å²) in [6.07, 6.45) is -2.01. The second-order valence-electron chi connectivity index (χ2n) is 5.51. The lowest BCUT2D eigenvalue weighted by Gasteiger charge is -2.41. The van der Waals surface area contributed by atoms with Crippen molar-refractivity contribution in [3.05, 3.63) is 53.4 Å². The van der Waals surface area contributed by atoms with Crippen LogP contribution in [0.4, 0.5) is 13.2 Å². The van der Waals surface area contributed by atoms with Gasteiger partial charge >= 0.3 is 12.1 Å². The Labute approximate surface area is 142 Å². The maximum atomic E-state index is 11.9. The summed E-state index contributed by atoms with van der Waals surface area (Å²) in [4.78, 5) is 10.9. The Hall–Kier alpha value is -2.48. The minimum Gasteiger partial charge on any atom is -0.503 e. The second-order valence-corrected chi connectivity index (χ2v) is 5.51. The van der Waals surface area contributed by atoms with Gasteiger partial charge in [-0.2, -0.15) is 13.2 Å². The fourth-order valence-corrected chi connectivity index (χ4v) is 2.42. The van der Waals surface area contributed by atoms with Gasteiger partial charge in [0.1, 0.15) is 17.5 Å². The molecule has 8 heteroatoms. The molecule has 3 heterocycles. The molecule has 5 nitrogen and oxygen atoms in total. The molecule has 2 atom stereocenters. The molecular formula is C17H18F3NO4. The Morgan fingerprint density at radius 2 is 2.04 bits per heavy atom. The minimum atomic E-state index is -4.25. The van der Waals surface area contributed by atoms with Gasteiger partial charge in [0.05, 0.1) is 19.5 Å². The predicted octanol–water partition coefficient (Wildman–Crippen LogP) is 3.22. The van der Waals surface area contributed by atoms with Crippen molar-refractivity contribution in [2.75, 3.05) is 7.11 Å². The largest absolute Gasteiger partial charge is 0.503 e. The molecule has 0 amide bonds. The number of hydrogen-bond acceptors (Lipinski definition) is 4. The highest BCUT2D eigenvalue weighted by atomic mass is 19.4. The number of rotatable bonds is 3. The molecule has 0 aromatic heterocycles. The first-order valence-electron chi connectivity index (χ1n) is 7.45. The summed E-state index contributed by atoms with van der Waals surface area (Å²) in [6, 6.07) is 7.29. The lowest BCUT2D eigenvalue weighted by Crippen LogP contribution is -2.53. The highest BCUT2D eigenvalue weighted by Crippen LogP contribution is 2.33. The number of ether oxygens (including phenoxy) is 2. The molecule has 2 bridgehead atoms. The monoisotopic (exact) mass is 357 g/mol. The molecule has 1 saturated heterocycles. The number of methoxy groups -OCH3 is 1. The molecule has 2 N–H and O–H groups in total. The fraction of sp³-hybridized carbons (Fsp3) is 0.353. The van der Waals surface area contributed by atoms with Crippen LogP contribution in [0.25, 0.3) is 5.57 Å². The van der Waals surface area contributed by atoms with Crippen molar-refractivity contribution in [1.82, 2.24) is 5.32 Å². The van der Waals surface area contributed by atoms with Crippen molar-refractivity contribution >= 4 is 11.5 Å². The molecule has 3 aliphatic heterocycles. The van der Waals surface area contributed by atoms with E-state index in [-0.39, 0.29) is 11.7 Å².